The summed E-state index contributed by atoms with van der Waals surface area (Å²) in [5, 5.41) is 14.9. The van der Waals surface area contributed by atoms with Crippen molar-refractivity contribution in [3.8, 4) is 0 Å². The van der Waals surface area contributed by atoms with Gasteiger partial charge >= 0.3 is 11.8 Å². The van der Waals surface area contributed by atoms with E-state index in [-0.39, 0.29) is 12.6 Å². The number of aromatic amines is 1. The van der Waals surface area contributed by atoms with E-state index in [0.29, 0.717) is 23.7 Å². The SMILES string of the molecule is COCCNC(=O)C(=O)Nc1nn([C@H]2CNCC[C@H]2C)c2c1cnc1[nH]ccc12. The number of H-pyrrole nitrogens is 1. The van der Waals surface area contributed by atoms with E-state index in [0.717, 1.165) is 36.1 Å². The van der Waals surface area contributed by atoms with Gasteiger partial charge in [-0.1, -0.05) is 6.92 Å². The molecule has 1 fully saturated rings. The first-order valence-corrected chi connectivity index (χ1v) is 9.73. The van der Waals surface area contributed by atoms with Crippen LogP contribution in [0.2, 0.25) is 0 Å². The van der Waals surface area contributed by atoms with Crippen LogP contribution in [0, 0.1) is 5.92 Å². The van der Waals surface area contributed by atoms with Gasteiger partial charge in [0.1, 0.15) is 5.65 Å². The highest BCUT2D eigenvalue weighted by Gasteiger charge is 2.28. The number of amides is 2. The smallest absolute Gasteiger partial charge is 0.314 e. The number of anilines is 1. The van der Waals surface area contributed by atoms with Crippen LogP contribution in [0.25, 0.3) is 21.9 Å². The van der Waals surface area contributed by atoms with E-state index in [1.54, 1.807) is 6.20 Å². The van der Waals surface area contributed by atoms with Crippen LogP contribution in [0.3, 0.4) is 0 Å². The summed E-state index contributed by atoms with van der Waals surface area (Å²) < 4.78 is 6.84. The van der Waals surface area contributed by atoms with E-state index >= 15 is 0 Å². The Bertz CT molecular complexity index is 1040. The fraction of sp³-hybridized carbons (Fsp3) is 0.474. The number of rotatable bonds is 5. The van der Waals surface area contributed by atoms with Crippen LogP contribution in [-0.4, -0.2) is 64.9 Å². The molecule has 0 spiro atoms. The lowest BCUT2D eigenvalue weighted by atomic mass is 9.95. The molecule has 2 atom stereocenters. The van der Waals surface area contributed by atoms with Gasteiger partial charge in [-0.2, -0.15) is 5.10 Å². The quantitative estimate of drug-likeness (QED) is 0.371. The number of methoxy groups -OCH3 is 1. The molecule has 0 aromatic carbocycles. The summed E-state index contributed by atoms with van der Waals surface area (Å²) >= 11 is 0. The predicted octanol–water partition coefficient (Wildman–Crippen LogP) is 0.784. The van der Waals surface area contributed by atoms with Crippen molar-refractivity contribution in [1.29, 1.82) is 0 Å². The molecular weight excluding hydrogens is 374 g/mol. The monoisotopic (exact) mass is 399 g/mol. The van der Waals surface area contributed by atoms with Crippen LogP contribution in [0.15, 0.2) is 18.5 Å². The molecule has 29 heavy (non-hydrogen) atoms. The van der Waals surface area contributed by atoms with Crippen LogP contribution in [0.5, 0.6) is 0 Å². The van der Waals surface area contributed by atoms with Gasteiger partial charge in [-0.15, -0.1) is 0 Å². The van der Waals surface area contributed by atoms with Crippen LogP contribution in [-0.2, 0) is 14.3 Å². The van der Waals surface area contributed by atoms with Crippen LogP contribution in [0.1, 0.15) is 19.4 Å². The number of piperidine rings is 1. The molecule has 3 aromatic heterocycles. The first-order chi connectivity index (χ1) is 14.1. The molecule has 4 heterocycles. The summed E-state index contributed by atoms with van der Waals surface area (Å²) in [6.07, 6.45) is 4.55. The number of aromatic nitrogens is 4. The Morgan fingerprint density at radius 3 is 3.00 bits per heavy atom. The van der Waals surface area contributed by atoms with E-state index in [1.807, 2.05) is 16.9 Å². The standard InChI is InChI=1S/C19H25N7O3/c1-11-3-5-20-10-14(11)26-15-12-4-6-21-16(12)23-9-13(15)17(25-26)24-19(28)18(27)22-7-8-29-2/h4,6,9,11,14,20H,3,5,7-8,10H2,1-2H3,(H,21,23)(H,22,27)(H,24,25,28)/t11-,14+/m1/s1. The van der Waals surface area contributed by atoms with Crippen molar-refractivity contribution < 1.29 is 14.3 Å². The number of hydrogen-bond donors (Lipinski definition) is 4. The van der Waals surface area contributed by atoms with Gasteiger partial charge < -0.3 is 25.7 Å². The van der Waals surface area contributed by atoms with Crippen molar-refractivity contribution in [2.45, 2.75) is 19.4 Å². The average Bonchev–Trinajstić information content (AvgIpc) is 3.33. The summed E-state index contributed by atoms with van der Waals surface area (Å²) in [6.45, 7) is 4.56. The highest BCUT2D eigenvalue weighted by atomic mass is 16.5. The second-order valence-corrected chi connectivity index (χ2v) is 7.29. The molecule has 0 bridgehead atoms. The molecule has 0 saturated carbocycles. The minimum Gasteiger partial charge on any atom is -0.383 e. The maximum absolute atomic E-state index is 12.4. The zero-order chi connectivity index (χ0) is 20.4. The van der Waals surface area contributed by atoms with Crippen molar-refractivity contribution in [3.63, 3.8) is 0 Å². The second kappa shape index (κ2) is 8.18. The molecule has 1 saturated heterocycles. The molecule has 154 valence electrons. The lowest BCUT2D eigenvalue weighted by Gasteiger charge is -2.30. The number of pyridine rings is 1. The third-order valence-electron chi connectivity index (χ3n) is 5.38. The van der Waals surface area contributed by atoms with E-state index in [1.165, 1.54) is 7.11 Å². The van der Waals surface area contributed by atoms with Gasteiger partial charge in [0.2, 0.25) is 0 Å². The molecule has 10 nitrogen and oxygen atoms in total. The van der Waals surface area contributed by atoms with Gasteiger partial charge in [-0.3, -0.25) is 14.3 Å². The van der Waals surface area contributed by atoms with Crippen LogP contribution >= 0.6 is 0 Å². The highest BCUT2D eigenvalue weighted by Crippen LogP contribution is 2.34. The Morgan fingerprint density at radius 2 is 2.21 bits per heavy atom. The molecule has 1 aliphatic heterocycles. The lowest BCUT2D eigenvalue weighted by molar-refractivity contribution is -0.136. The third kappa shape index (κ3) is 3.68. The number of ether oxygens (including phenoxy) is 1. The maximum Gasteiger partial charge on any atom is 0.314 e. The molecule has 1 aliphatic rings. The second-order valence-electron chi connectivity index (χ2n) is 7.29. The number of carbonyl (C=O) groups excluding carboxylic acids is 2. The molecule has 4 rings (SSSR count). The number of nitrogens with one attached hydrogen (secondary N) is 4. The maximum atomic E-state index is 12.4. The molecular formula is C19H25N7O3. The Labute approximate surface area is 167 Å². The minimum atomic E-state index is -0.767. The third-order valence-corrected chi connectivity index (χ3v) is 5.38. The Hall–Kier alpha value is -2.98. The van der Waals surface area contributed by atoms with Crippen molar-refractivity contribution in [1.82, 2.24) is 30.4 Å². The molecule has 3 aromatic rings. The Kier molecular flexibility index (Phi) is 5.45. The number of fused-ring (bicyclic) bond motifs is 3. The first-order valence-electron chi connectivity index (χ1n) is 9.73. The van der Waals surface area contributed by atoms with Gasteiger partial charge in [0.25, 0.3) is 0 Å². The lowest BCUT2D eigenvalue weighted by Crippen LogP contribution is -2.38. The van der Waals surface area contributed by atoms with E-state index in [9.17, 15) is 9.59 Å². The zero-order valence-corrected chi connectivity index (χ0v) is 16.5. The minimum absolute atomic E-state index is 0.132. The highest BCUT2D eigenvalue weighted by molar-refractivity contribution is 6.40. The van der Waals surface area contributed by atoms with Crippen molar-refractivity contribution in [2.75, 3.05) is 38.7 Å². The van der Waals surface area contributed by atoms with E-state index < -0.39 is 11.8 Å². The van der Waals surface area contributed by atoms with Gasteiger partial charge in [-0.25, -0.2) is 4.98 Å². The van der Waals surface area contributed by atoms with Crippen molar-refractivity contribution in [3.05, 3.63) is 18.5 Å². The summed E-state index contributed by atoms with van der Waals surface area (Å²) in [6, 6.07) is 2.08. The van der Waals surface area contributed by atoms with Crippen molar-refractivity contribution >= 4 is 39.6 Å². The van der Waals surface area contributed by atoms with Crippen LogP contribution < -0.4 is 16.0 Å². The number of hydrogen-bond acceptors (Lipinski definition) is 6. The normalized spacial score (nSPS) is 19.5. The molecule has 0 radical (unpaired) electrons. The number of nitrogens with zero attached hydrogens (tertiary/aromatic N) is 3. The van der Waals surface area contributed by atoms with Gasteiger partial charge in [0, 0.05) is 38.0 Å². The molecule has 0 aliphatic carbocycles. The topological polar surface area (TPSA) is 126 Å². The first kappa shape index (κ1) is 19.3. The predicted molar refractivity (Wildman–Crippen MR) is 109 cm³/mol. The summed E-state index contributed by atoms with van der Waals surface area (Å²) in [7, 11) is 1.53. The fourth-order valence-corrected chi connectivity index (χ4v) is 3.77. The van der Waals surface area contributed by atoms with Gasteiger partial charge in [0.05, 0.1) is 23.6 Å². The largest absolute Gasteiger partial charge is 0.383 e. The zero-order valence-electron chi connectivity index (χ0n) is 16.5. The summed E-state index contributed by atoms with van der Waals surface area (Å²) in [5.74, 6) is -0.743. The van der Waals surface area contributed by atoms with Gasteiger partial charge in [-0.05, 0) is 24.9 Å². The van der Waals surface area contributed by atoms with Crippen molar-refractivity contribution in [2.24, 2.45) is 5.92 Å². The fourth-order valence-electron chi connectivity index (χ4n) is 3.77. The molecule has 2 amide bonds. The summed E-state index contributed by atoms with van der Waals surface area (Å²) in [4.78, 5) is 32.0. The van der Waals surface area contributed by atoms with Gasteiger partial charge in [0.15, 0.2) is 5.82 Å². The van der Waals surface area contributed by atoms with E-state index in [2.05, 4.69) is 32.8 Å². The average molecular weight is 399 g/mol. The Morgan fingerprint density at radius 1 is 1.34 bits per heavy atom. The van der Waals surface area contributed by atoms with E-state index in [4.69, 9.17) is 9.84 Å². The van der Waals surface area contributed by atoms with Crippen LogP contribution in [0.4, 0.5) is 5.82 Å². The summed E-state index contributed by atoms with van der Waals surface area (Å²) in [5.41, 5.74) is 1.65. The molecule has 10 heteroatoms. The molecule has 0 unspecified atom stereocenters. The number of carbonyl (C=O) groups is 2. The Balaban J connectivity index is 1.71. The molecule has 4 N–H and O–H groups in total.